The van der Waals surface area contributed by atoms with E-state index in [4.69, 9.17) is 5.73 Å². The van der Waals surface area contributed by atoms with Crippen LogP contribution >= 0.6 is 0 Å². The van der Waals surface area contributed by atoms with Crippen molar-refractivity contribution >= 4 is 35.5 Å². The van der Waals surface area contributed by atoms with Crippen molar-refractivity contribution < 1.29 is 39.0 Å². The predicted molar refractivity (Wildman–Crippen MR) is 156 cm³/mol. The van der Waals surface area contributed by atoms with Crippen molar-refractivity contribution in [2.75, 3.05) is 19.6 Å². The molecule has 5 atom stereocenters. The molecule has 5 amide bonds. The number of nitrogens with zero attached hydrogens (tertiary/aromatic N) is 1. The topological polar surface area (TPSA) is 220 Å². The highest BCUT2D eigenvalue weighted by Gasteiger charge is 2.40. The summed E-state index contributed by atoms with van der Waals surface area (Å²) in [5.74, 6) is -4.46. The van der Waals surface area contributed by atoms with Gasteiger partial charge < -0.3 is 42.1 Å². The van der Waals surface area contributed by atoms with Gasteiger partial charge in [-0.15, -0.1) is 0 Å². The summed E-state index contributed by atoms with van der Waals surface area (Å²) in [5.41, 5.74) is 6.34. The standard InChI is InChI=1S/C29H44N6O8/c1-5-17(4)25(34-23(38)15-31-22(37)14-32-27(40)24(30)16(2)3)28(41)35-12-6-7-21(35)26(39)33-20(29(42)43)13-18-8-10-19(36)11-9-18/h8-11,16-17,20-21,24-25,36H,5-7,12-15,30H2,1-4H3,(H,31,37)(H,32,40)(H,33,39)(H,34,38)(H,42,43)/t17-,20-,21+,24+,25-/m1/s1. The van der Waals surface area contributed by atoms with Crippen LogP contribution in [0.4, 0.5) is 0 Å². The number of carbonyl (C=O) groups is 6. The van der Waals surface area contributed by atoms with E-state index in [-0.39, 0.29) is 37.1 Å². The summed E-state index contributed by atoms with van der Waals surface area (Å²) in [6, 6.07) is 2.02. The lowest BCUT2D eigenvalue weighted by atomic mass is 9.97. The van der Waals surface area contributed by atoms with Crippen molar-refractivity contribution in [3.63, 3.8) is 0 Å². The maximum atomic E-state index is 13.6. The van der Waals surface area contributed by atoms with Gasteiger partial charge in [0.05, 0.1) is 19.1 Å². The van der Waals surface area contributed by atoms with Crippen molar-refractivity contribution in [2.45, 2.75) is 77.5 Å². The molecule has 2 rings (SSSR count). The smallest absolute Gasteiger partial charge is 0.326 e. The number of rotatable bonds is 15. The van der Waals surface area contributed by atoms with Gasteiger partial charge in [-0.1, -0.05) is 46.2 Å². The molecule has 0 unspecified atom stereocenters. The Labute approximate surface area is 251 Å². The van der Waals surface area contributed by atoms with Crippen molar-refractivity contribution in [2.24, 2.45) is 17.6 Å². The Kier molecular flexibility index (Phi) is 13.4. The van der Waals surface area contributed by atoms with E-state index < -0.39 is 66.2 Å². The van der Waals surface area contributed by atoms with Crippen LogP contribution in [-0.4, -0.2) is 94.4 Å². The number of carboxylic acids is 1. The number of aliphatic carboxylic acids is 1. The van der Waals surface area contributed by atoms with Crippen LogP contribution in [0.5, 0.6) is 5.75 Å². The van der Waals surface area contributed by atoms with Crippen molar-refractivity contribution in [3.05, 3.63) is 29.8 Å². The van der Waals surface area contributed by atoms with Gasteiger partial charge in [-0.2, -0.15) is 0 Å². The van der Waals surface area contributed by atoms with E-state index in [2.05, 4.69) is 21.3 Å². The zero-order valence-corrected chi connectivity index (χ0v) is 25.1. The highest BCUT2D eigenvalue weighted by atomic mass is 16.4. The quantitative estimate of drug-likeness (QED) is 0.134. The number of likely N-dealkylation sites (tertiary alicyclic amines) is 1. The molecule has 238 valence electrons. The van der Waals surface area contributed by atoms with Gasteiger partial charge in [-0.25, -0.2) is 4.79 Å². The van der Waals surface area contributed by atoms with Crippen LogP contribution in [-0.2, 0) is 35.2 Å². The fraction of sp³-hybridized carbons (Fsp3) is 0.586. The molecule has 1 heterocycles. The van der Waals surface area contributed by atoms with Crippen LogP contribution in [0, 0.1) is 11.8 Å². The highest BCUT2D eigenvalue weighted by molar-refractivity contribution is 5.95. The zero-order valence-electron chi connectivity index (χ0n) is 25.1. The molecule has 1 aliphatic heterocycles. The Hall–Kier alpha value is -4.20. The minimum absolute atomic E-state index is 0.0203. The molecule has 1 fully saturated rings. The third-order valence-electron chi connectivity index (χ3n) is 7.52. The number of nitrogens with one attached hydrogen (secondary N) is 4. The SMILES string of the molecule is CC[C@@H](C)[C@@H](NC(=O)CNC(=O)CNC(=O)[C@@H](N)C(C)C)C(=O)N1CCC[C@H]1C(=O)N[C@H](Cc1ccc(O)cc1)C(=O)O. The molecule has 43 heavy (non-hydrogen) atoms. The van der Waals surface area contributed by atoms with Crippen LogP contribution in [0.25, 0.3) is 0 Å². The molecule has 0 saturated carbocycles. The first-order valence-corrected chi connectivity index (χ1v) is 14.5. The molecule has 1 aliphatic rings. The summed E-state index contributed by atoms with van der Waals surface area (Å²) >= 11 is 0. The fourth-order valence-corrected chi connectivity index (χ4v) is 4.55. The lowest BCUT2D eigenvalue weighted by Gasteiger charge is -2.31. The van der Waals surface area contributed by atoms with Gasteiger partial charge >= 0.3 is 5.97 Å². The first-order valence-electron chi connectivity index (χ1n) is 14.5. The Bertz CT molecular complexity index is 1160. The summed E-state index contributed by atoms with van der Waals surface area (Å²) in [6.45, 7) is 6.61. The summed E-state index contributed by atoms with van der Waals surface area (Å²) in [7, 11) is 0. The minimum Gasteiger partial charge on any atom is -0.508 e. The van der Waals surface area contributed by atoms with E-state index in [1.165, 1.54) is 17.0 Å². The molecule has 8 N–H and O–H groups in total. The predicted octanol–water partition coefficient (Wildman–Crippen LogP) is -0.758. The first-order chi connectivity index (χ1) is 20.2. The largest absolute Gasteiger partial charge is 0.508 e. The normalized spacial score (nSPS) is 17.3. The molecule has 1 aromatic rings. The fourth-order valence-electron chi connectivity index (χ4n) is 4.55. The molecule has 0 bridgehead atoms. The number of carbonyl (C=O) groups excluding carboxylic acids is 5. The first kappa shape index (κ1) is 35.0. The number of hydrogen-bond donors (Lipinski definition) is 7. The molecular formula is C29H44N6O8. The highest BCUT2D eigenvalue weighted by Crippen LogP contribution is 2.22. The van der Waals surface area contributed by atoms with E-state index >= 15 is 0 Å². The Balaban J connectivity index is 2.00. The van der Waals surface area contributed by atoms with Gasteiger partial charge in [0.1, 0.15) is 23.9 Å². The molecule has 0 aliphatic carbocycles. The van der Waals surface area contributed by atoms with E-state index in [0.29, 0.717) is 24.8 Å². The van der Waals surface area contributed by atoms with Crippen LogP contribution in [0.2, 0.25) is 0 Å². The van der Waals surface area contributed by atoms with Gasteiger partial charge in [0.2, 0.25) is 29.5 Å². The Morgan fingerprint density at radius 2 is 1.60 bits per heavy atom. The molecule has 0 spiro atoms. The molecule has 14 nitrogen and oxygen atoms in total. The monoisotopic (exact) mass is 604 g/mol. The number of aromatic hydroxyl groups is 1. The number of hydrogen-bond acceptors (Lipinski definition) is 8. The maximum Gasteiger partial charge on any atom is 0.326 e. The zero-order chi connectivity index (χ0) is 32.3. The minimum atomic E-state index is -1.26. The Morgan fingerprint density at radius 3 is 2.19 bits per heavy atom. The number of amides is 5. The van der Waals surface area contributed by atoms with Crippen LogP contribution in [0.3, 0.4) is 0 Å². The molecule has 14 heteroatoms. The average molecular weight is 605 g/mol. The van der Waals surface area contributed by atoms with E-state index in [0.717, 1.165) is 0 Å². The summed E-state index contributed by atoms with van der Waals surface area (Å²) in [5, 5.41) is 29.1. The van der Waals surface area contributed by atoms with E-state index in [1.54, 1.807) is 32.9 Å². The summed E-state index contributed by atoms with van der Waals surface area (Å²) < 4.78 is 0. The van der Waals surface area contributed by atoms with E-state index in [1.807, 2.05) is 6.92 Å². The number of carboxylic acid groups (broad SMARTS) is 1. The number of benzene rings is 1. The third-order valence-corrected chi connectivity index (χ3v) is 7.52. The summed E-state index contributed by atoms with van der Waals surface area (Å²) in [4.78, 5) is 76.8. The van der Waals surface area contributed by atoms with Crippen molar-refractivity contribution in [1.82, 2.24) is 26.2 Å². The van der Waals surface area contributed by atoms with Crippen LogP contribution < -0.4 is 27.0 Å². The average Bonchev–Trinajstić information content (AvgIpc) is 3.47. The lowest BCUT2D eigenvalue weighted by Crippen LogP contribution is -2.57. The van der Waals surface area contributed by atoms with Crippen molar-refractivity contribution in [3.8, 4) is 5.75 Å². The van der Waals surface area contributed by atoms with Crippen molar-refractivity contribution in [1.29, 1.82) is 0 Å². The van der Waals surface area contributed by atoms with Gasteiger partial charge in [-0.05, 0) is 42.4 Å². The van der Waals surface area contributed by atoms with Gasteiger partial charge in [-0.3, -0.25) is 24.0 Å². The van der Waals surface area contributed by atoms with Gasteiger partial charge in [0, 0.05) is 13.0 Å². The van der Waals surface area contributed by atoms with Gasteiger partial charge in [0.15, 0.2) is 0 Å². The number of nitrogens with two attached hydrogens (primary N) is 1. The van der Waals surface area contributed by atoms with Crippen LogP contribution in [0.1, 0.15) is 52.5 Å². The molecule has 0 aromatic heterocycles. The number of phenols is 1. The van der Waals surface area contributed by atoms with Crippen LogP contribution in [0.15, 0.2) is 24.3 Å². The molecule has 0 radical (unpaired) electrons. The van der Waals surface area contributed by atoms with Gasteiger partial charge in [0.25, 0.3) is 0 Å². The maximum absolute atomic E-state index is 13.6. The third kappa shape index (κ3) is 10.5. The molecular weight excluding hydrogens is 560 g/mol. The second-order valence-corrected chi connectivity index (χ2v) is 11.2. The second kappa shape index (κ2) is 16.4. The summed E-state index contributed by atoms with van der Waals surface area (Å²) in [6.07, 6.45) is 1.35. The second-order valence-electron chi connectivity index (χ2n) is 11.2. The molecule has 1 saturated heterocycles. The number of phenolic OH excluding ortho intramolecular Hbond substituents is 1. The lowest BCUT2D eigenvalue weighted by molar-refractivity contribution is -0.145. The molecule has 1 aromatic carbocycles. The van der Waals surface area contributed by atoms with E-state index in [9.17, 15) is 39.0 Å². The Morgan fingerprint density at radius 1 is 0.977 bits per heavy atom.